The average molecular weight is 400 g/mol. The molecular weight excluding hydrogens is 378 g/mol. The topological polar surface area (TPSA) is 72.3 Å². The number of para-hydroxylation sites is 1. The fourth-order valence-electron chi connectivity index (χ4n) is 3.51. The molecule has 2 heterocycles. The SMILES string of the molecule is O=C(Cn1nnc2ccccc21)NC[C@@H](c1ccccc1Cl)N1CCOCC1. The summed E-state index contributed by atoms with van der Waals surface area (Å²) in [5.41, 5.74) is 2.63. The van der Waals surface area contributed by atoms with E-state index < -0.39 is 0 Å². The number of fused-ring (bicyclic) bond motifs is 1. The summed E-state index contributed by atoms with van der Waals surface area (Å²) in [6, 6.07) is 15.4. The van der Waals surface area contributed by atoms with Gasteiger partial charge >= 0.3 is 0 Å². The maximum Gasteiger partial charge on any atom is 0.241 e. The van der Waals surface area contributed by atoms with Gasteiger partial charge in [0.25, 0.3) is 0 Å². The van der Waals surface area contributed by atoms with Gasteiger partial charge in [0.2, 0.25) is 5.91 Å². The van der Waals surface area contributed by atoms with Gasteiger partial charge in [-0.15, -0.1) is 5.10 Å². The second-order valence-corrected chi connectivity index (χ2v) is 7.13. The van der Waals surface area contributed by atoms with Gasteiger partial charge in [0.1, 0.15) is 12.1 Å². The summed E-state index contributed by atoms with van der Waals surface area (Å²) in [5, 5.41) is 11.9. The lowest BCUT2D eigenvalue weighted by molar-refractivity contribution is -0.122. The van der Waals surface area contributed by atoms with Crippen LogP contribution >= 0.6 is 11.6 Å². The fraction of sp³-hybridized carbons (Fsp3) is 0.350. The fourth-order valence-corrected chi connectivity index (χ4v) is 3.77. The molecule has 0 unspecified atom stereocenters. The molecule has 0 bridgehead atoms. The van der Waals surface area contributed by atoms with Gasteiger partial charge in [-0.25, -0.2) is 4.68 Å². The number of hydrogen-bond acceptors (Lipinski definition) is 5. The Morgan fingerprint density at radius 3 is 2.71 bits per heavy atom. The molecule has 8 heteroatoms. The molecule has 4 rings (SSSR count). The summed E-state index contributed by atoms with van der Waals surface area (Å²) in [4.78, 5) is 14.9. The zero-order chi connectivity index (χ0) is 19.3. The van der Waals surface area contributed by atoms with Crippen LogP contribution in [-0.4, -0.2) is 58.6 Å². The first-order chi connectivity index (χ1) is 13.7. The molecule has 1 aromatic heterocycles. The molecule has 0 aliphatic carbocycles. The summed E-state index contributed by atoms with van der Waals surface area (Å²) in [6.45, 7) is 3.56. The van der Waals surface area contributed by atoms with Crippen molar-refractivity contribution in [1.29, 1.82) is 0 Å². The molecule has 3 aromatic rings. The van der Waals surface area contributed by atoms with E-state index >= 15 is 0 Å². The van der Waals surface area contributed by atoms with Crippen LogP contribution in [0.25, 0.3) is 11.0 Å². The Balaban J connectivity index is 1.46. The Morgan fingerprint density at radius 2 is 1.89 bits per heavy atom. The van der Waals surface area contributed by atoms with Crippen LogP contribution in [0.1, 0.15) is 11.6 Å². The third-order valence-electron chi connectivity index (χ3n) is 4.96. The number of amides is 1. The quantitative estimate of drug-likeness (QED) is 0.688. The van der Waals surface area contributed by atoms with Crippen molar-refractivity contribution in [2.75, 3.05) is 32.8 Å². The zero-order valence-electron chi connectivity index (χ0n) is 15.4. The molecule has 1 atom stereocenters. The highest BCUT2D eigenvalue weighted by molar-refractivity contribution is 6.31. The summed E-state index contributed by atoms with van der Waals surface area (Å²) in [7, 11) is 0. The van der Waals surface area contributed by atoms with Gasteiger partial charge in [0.15, 0.2) is 0 Å². The largest absolute Gasteiger partial charge is 0.379 e. The van der Waals surface area contributed by atoms with Gasteiger partial charge < -0.3 is 10.1 Å². The van der Waals surface area contributed by atoms with E-state index in [0.717, 1.165) is 29.7 Å². The van der Waals surface area contributed by atoms with E-state index in [1.807, 2.05) is 48.5 Å². The molecule has 146 valence electrons. The molecule has 1 fully saturated rings. The van der Waals surface area contributed by atoms with Gasteiger partial charge in [0, 0.05) is 24.7 Å². The molecule has 1 N–H and O–H groups in total. The second-order valence-electron chi connectivity index (χ2n) is 6.73. The van der Waals surface area contributed by atoms with E-state index in [9.17, 15) is 4.79 Å². The number of ether oxygens (including phenoxy) is 1. The van der Waals surface area contributed by atoms with Gasteiger partial charge in [-0.2, -0.15) is 0 Å². The highest BCUT2D eigenvalue weighted by atomic mass is 35.5. The standard InChI is InChI=1S/C20H22ClN5O2/c21-16-6-2-1-5-15(16)19(25-9-11-28-12-10-25)13-22-20(27)14-26-18-8-4-3-7-17(18)23-24-26/h1-8,19H,9-14H2,(H,22,27)/t19-/m0/s1. The van der Waals surface area contributed by atoms with Crippen LogP contribution in [-0.2, 0) is 16.1 Å². The number of morpholine rings is 1. The highest BCUT2D eigenvalue weighted by Gasteiger charge is 2.25. The first kappa shape index (κ1) is 18.9. The minimum absolute atomic E-state index is 0.00552. The summed E-state index contributed by atoms with van der Waals surface area (Å²) < 4.78 is 7.09. The first-order valence-corrected chi connectivity index (χ1v) is 9.71. The number of aromatic nitrogens is 3. The van der Waals surface area contributed by atoms with Gasteiger partial charge in [-0.05, 0) is 23.8 Å². The minimum Gasteiger partial charge on any atom is -0.379 e. The van der Waals surface area contributed by atoms with Crippen molar-refractivity contribution in [2.45, 2.75) is 12.6 Å². The van der Waals surface area contributed by atoms with Gasteiger partial charge in [0.05, 0.1) is 24.8 Å². The molecule has 1 saturated heterocycles. The maximum atomic E-state index is 12.6. The van der Waals surface area contributed by atoms with E-state index in [1.54, 1.807) is 4.68 Å². The molecule has 2 aromatic carbocycles. The van der Waals surface area contributed by atoms with Crippen LogP contribution < -0.4 is 5.32 Å². The highest BCUT2D eigenvalue weighted by Crippen LogP contribution is 2.27. The number of carbonyl (C=O) groups is 1. The number of hydrogen-bond donors (Lipinski definition) is 1. The Hall–Kier alpha value is -2.48. The van der Waals surface area contributed by atoms with E-state index in [1.165, 1.54) is 0 Å². The number of halogens is 1. The molecule has 0 radical (unpaired) electrons. The van der Waals surface area contributed by atoms with Gasteiger partial charge in [-0.1, -0.05) is 47.1 Å². The number of carbonyl (C=O) groups excluding carboxylic acids is 1. The Labute approximate surface area is 168 Å². The average Bonchev–Trinajstić information content (AvgIpc) is 3.13. The summed E-state index contributed by atoms with van der Waals surface area (Å²) in [6.07, 6.45) is 0. The van der Waals surface area contributed by atoms with E-state index in [-0.39, 0.29) is 18.5 Å². The third kappa shape index (κ3) is 4.16. The van der Waals surface area contributed by atoms with Crippen molar-refractivity contribution in [3.8, 4) is 0 Å². The predicted octanol–water partition coefficient (Wildman–Crippen LogP) is 2.27. The zero-order valence-corrected chi connectivity index (χ0v) is 16.2. The van der Waals surface area contributed by atoms with Crippen molar-refractivity contribution in [3.63, 3.8) is 0 Å². The lowest BCUT2D eigenvalue weighted by Gasteiger charge is -2.35. The molecule has 1 amide bonds. The normalized spacial score (nSPS) is 16.2. The van der Waals surface area contributed by atoms with Crippen LogP contribution in [0.3, 0.4) is 0 Å². The number of nitrogens with one attached hydrogen (secondary N) is 1. The Morgan fingerprint density at radius 1 is 1.14 bits per heavy atom. The minimum atomic E-state index is -0.110. The number of nitrogens with zero attached hydrogens (tertiary/aromatic N) is 4. The van der Waals surface area contributed by atoms with E-state index in [2.05, 4.69) is 20.5 Å². The van der Waals surface area contributed by atoms with Crippen molar-refractivity contribution in [3.05, 3.63) is 59.1 Å². The Kier molecular flexibility index (Phi) is 5.85. The van der Waals surface area contributed by atoms with E-state index in [0.29, 0.717) is 24.8 Å². The lowest BCUT2D eigenvalue weighted by Crippen LogP contribution is -2.44. The molecule has 0 saturated carbocycles. The molecule has 0 spiro atoms. The van der Waals surface area contributed by atoms with Crippen LogP contribution in [0.15, 0.2) is 48.5 Å². The van der Waals surface area contributed by atoms with Crippen LogP contribution in [0, 0.1) is 0 Å². The number of rotatable bonds is 6. The smallest absolute Gasteiger partial charge is 0.241 e. The molecule has 1 aliphatic rings. The van der Waals surface area contributed by atoms with Gasteiger partial charge in [-0.3, -0.25) is 9.69 Å². The Bertz CT molecular complexity index is 954. The monoisotopic (exact) mass is 399 g/mol. The van der Waals surface area contributed by atoms with E-state index in [4.69, 9.17) is 16.3 Å². The van der Waals surface area contributed by atoms with Crippen molar-refractivity contribution in [1.82, 2.24) is 25.2 Å². The lowest BCUT2D eigenvalue weighted by atomic mass is 10.0. The van der Waals surface area contributed by atoms with Crippen LogP contribution in [0.5, 0.6) is 0 Å². The van der Waals surface area contributed by atoms with Crippen LogP contribution in [0.2, 0.25) is 5.02 Å². The molecular formula is C20H22ClN5O2. The summed E-state index contributed by atoms with van der Waals surface area (Å²) >= 11 is 6.44. The molecule has 28 heavy (non-hydrogen) atoms. The predicted molar refractivity (Wildman–Crippen MR) is 107 cm³/mol. The van der Waals surface area contributed by atoms with Crippen molar-refractivity contribution in [2.24, 2.45) is 0 Å². The first-order valence-electron chi connectivity index (χ1n) is 9.33. The van der Waals surface area contributed by atoms with Crippen molar-refractivity contribution < 1.29 is 9.53 Å². The molecule has 1 aliphatic heterocycles. The third-order valence-corrected chi connectivity index (χ3v) is 5.30. The maximum absolute atomic E-state index is 12.6. The second kappa shape index (κ2) is 8.68. The van der Waals surface area contributed by atoms with Crippen LogP contribution in [0.4, 0.5) is 0 Å². The molecule has 7 nitrogen and oxygen atoms in total. The number of benzene rings is 2. The van der Waals surface area contributed by atoms with Crippen molar-refractivity contribution >= 4 is 28.5 Å². The summed E-state index contributed by atoms with van der Waals surface area (Å²) in [5.74, 6) is -0.110.